The van der Waals surface area contributed by atoms with E-state index in [1.165, 1.54) is 6.92 Å². The SMILES string of the molecule is CC(=O)NCc1cn2cc(Cl)cc(Cl)c2n1. The van der Waals surface area contributed by atoms with Gasteiger partial charge in [0.2, 0.25) is 5.91 Å². The van der Waals surface area contributed by atoms with Crippen LogP contribution in [0.2, 0.25) is 10.0 Å². The lowest BCUT2D eigenvalue weighted by Gasteiger charge is -1.95. The van der Waals surface area contributed by atoms with E-state index in [4.69, 9.17) is 23.2 Å². The zero-order valence-corrected chi connectivity index (χ0v) is 10.0. The topological polar surface area (TPSA) is 46.4 Å². The summed E-state index contributed by atoms with van der Waals surface area (Å²) in [6.07, 6.45) is 3.50. The molecule has 2 heterocycles. The molecule has 4 nitrogen and oxygen atoms in total. The molecule has 6 heteroatoms. The summed E-state index contributed by atoms with van der Waals surface area (Å²) in [7, 11) is 0. The van der Waals surface area contributed by atoms with Gasteiger partial charge in [0.05, 0.1) is 22.3 Å². The number of fused-ring (bicyclic) bond motifs is 1. The number of halogens is 2. The van der Waals surface area contributed by atoms with Crippen molar-refractivity contribution < 1.29 is 4.79 Å². The molecule has 84 valence electrons. The van der Waals surface area contributed by atoms with Crippen molar-refractivity contribution in [1.29, 1.82) is 0 Å². The van der Waals surface area contributed by atoms with E-state index in [1.807, 2.05) is 0 Å². The fourth-order valence-corrected chi connectivity index (χ4v) is 1.90. The smallest absolute Gasteiger partial charge is 0.217 e. The van der Waals surface area contributed by atoms with E-state index in [0.717, 1.165) is 5.69 Å². The lowest BCUT2D eigenvalue weighted by molar-refractivity contribution is -0.119. The van der Waals surface area contributed by atoms with Crippen molar-refractivity contribution in [2.75, 3.05) is 0 Å². The van der Waals surface area contributed by atoms with Crippen LogP contribution in [0.5, 0.6) is 0 Å². The third-order valence-corrected chi connectivity index (χ3v) is 2.53. The molecule has 16 heavy (non-hydrogen) atoms. The second-order valence-corrected chi connectivity index (χ2v) is 4.22. The van der Waals surface area contributed by atoms with Gasteiger partial charge in [-0.15, -0.1) is 0 Å². The van der Waals surface area contributed by atoms with Gasteiger partial charge in [-0.1, -0.05) is 23.2 Å². The molecule has 0 fully saturated rings. The summed E-state index contributed by atoms with van der Waals surface area (Å²) >= 11 is 11.8. The summed E-state index contributed by atoms with van der Waals surface area (Å²) in [6, 6.07) is 1.63. The van der Waals surface area contributed by atoms with Crippen molar-refractivity contribution in [3.63, 3.8) is 0 Å². The molecule has 1 N–H and O–H groups in total. The second-order valence-electron chi connectivity index (χ2n) is 3.38. The molecule has 0 aliphatic rings. The average Bonchev–Trinajstić information content (AvgIpc) is 2.57. The first-order valence-electron chi connectivity index (χ1n) is 4.63. The van der Waals surface area contributed by atoms with Crippen molar-refractivity contribution in [3.05, 3.63) is 34.2 Å². The van der Waals surface area contributed by atoms with Crippen LogP contribution in [-0.2, 0) is 11.3 Å². The third kappa shape index (κ3) is 2.28. The van der Waals surface area contributed by atoms with Crippen LogP contribution in [0.15, 0.2) is 18.5 Å². The maximum Gasteiger partial charge on any atom is 0.217 e. The van der Waals surface area contributed by atoms with Crippen molar-refractivity contribution in [2.45, 2.75) is 13.5 Å². The maximum absolute atomic E-state index is 10.8. The first-order chi connectivity index (χ1) is 7.56. The summed E-state index contributed by atoms with van der Waals surface area (Å²) in [4.78, 5) is 15.0. The van der Waals surface area contributed by atoms with Crippen molar-refractivity contribution >= 4 is 34.8 Å². The van der Waals surface area contributed by atoms with Crippen molar-refractivity contribution in [1.82, 2.24) is 14.7 Å². The summed E-state index contributed by atoms with van der Waals surface area (Å²) in [5.74, 6) is -0.0961. The highest BCUT2D eigenvalue weighted by atomic mass is 35.5. The number of imidazole rings is 1. The molecule has 0 bridgehead atoms. The van der Waals surface area contributed by atoms with Gasteiger partial charge < -0.3 is 9.72 Å². The molecule has 0 atom stereocenters. The maximum atomic E-state index is 10.8. The number of rotatable bonds is 2. The van der Waals surface area contributed by atoms with Crippen LogP contribution in [0.25, 0.3) is 5.65 Å². The largest absolute Gasteiger partial charge is 0.351 e. The van der Waals surface area contributed by atoms with Gasteiger partial charge in [0.1, 0.15) is 0 Å². The van der Waals surface area contributed by atoms with Gasteiger partial charge in [-0.25, -0.2) is 4.98 Å². The predicted octanol–water partition coefficient (Wildman–Crippen LogP) is 2.28. The van der Waals surface area contributed by atoms with Gasteiger partial charge >= 0.3 is 0 Å². The van der Waals surface area contributed by atoms with Crippen LogP contribution in [0, 0.1) is 0 Å². The van der Waals surface area contributed by atoms with E-state index in [1.54, 1.807) is 22.9 Å². The molecular weight excluding hydrogens is 249 g/mol. The van der Waals surface area contributed by atoms with Crippen LogP contribution in [0.1, 0.15) is 12.6 Å². The number of aromatic nitrogens is 2. The molecule has 2 rings (SSSR count). The van der Waals surface area contributed by atoms with E-state index >= 15 is 0 Å². The fraction of sp³-hybridized carbons (Fsp3) is 0.200. The Morgan fingerprint density at radius 2 is 2.25 bits per heavy atom. The van der Waals surface area contributed by atoms with Gasteiger partial charge in [-0.3, -0.25) is 4.79 Å². The summed E-state index contributed by atoms with van der Waals surface area (Å²) in [6.45, 7) is 1.84. The third-order valence-electron chi connectivity index (χ3n) is 2.04. The van der Waals surface area contributed by atoms with Crippen LogP contribution in [0.4, 0.5) is 0 Å². The quantitative estimate of drug-likeness (QED) is 0.898. The Morgan fingerprint density at radius 3 is 2.94 bits per heavy atom. The highest BCUT2D eigenvalue weighted by molar-refractivity contribution is 6.36. The second kappa shape index (κ2) is 4.31. The zero-order valence-electron chi connectivity index (χ0n) is 8.50. The Bertz CT molecular complexity index is 550. The Balaban J connectivity index is 2.36. The Morgan fingerprint density at radius 1 is 1.50 bits per heavy atom. The molecule has 0 saturated carbocycles. The van der Waals surface area contributed by atoms with Gasteiger partial charge in [-0.2, -0.15) is 0 Å². The van der Waals surface area contributed by atoms with Gasteiger partial charge in [0.15, 0.2) is 5.65 Å². The fourth-order valence-electron chi connectivity index (χ4n) is 1.38. The number of nitrogens with zero attached hydrogens (tertiary/aromatic N) is 2. The Kier molecular flexibility index (Phi) is 3.03. The summed E-state index contributed by atoms with van der Waals surface area (Å²) in [5.41, 5.74) is 1.37. The Labute approximate surface area is 102 Å². The minimum atomic E-state index is -0.0961. The molecule has 0 aliphatic heterocycles. The van der Waals surface area contributed by atoms with Crippen molar-refractivity contribution in [3.8, 4) is 0 Å². The number of hydrogen-bond acceptors (Lipinski definition) is 2. The molecule has 2 aromatic heterocycles. The molecule has 0 saturated heterocycles. The molecule has 0 aromatic carbocycles. The lowest BCUT2D eigenvalue weighted by atomic mass is 10.4. The van der Waals surface area contributed by atoms with E-state index in [-0.39, 0.29) is 5.91 Å². The number of amides is 1. The zero-order chi connectivity index (χ0) is 11.7. The highest BCUT2D eigenvalue weighted by Crippen LogP contribution is 2.21. The first-order valence-corrected chi connectivity index (χ1v) is 5.39. The highest BCUT2D eigenvalue weighted by Gasteiger charge is 2.06. The van der Waals surface area contributed by atoms with Gasteiger partial charge in [0.25, 0.3) is 0 Å². The predicted molar refractivity (Wildman–Crippen MR) is 62.7 cm³/mol. The van der Waals surface area contributed by atoms with Crippen molar-refractivity contribution in [2.24, 2.45) is 0 Å². The standard InChI is InChI=1S/C10H9Cl2N3O/c1-6(16)13-3-8-5-15-4-7(11)2-9(12)10(15)14-8/h2,4-5H,3H2,1H3,(H,13,16). The van der Waals surface area contributed by atoms with E-state index in [2.05, 4.69) is 10.3 Å². The van der Waals surface area contributed by atoms with Crippen LogP contribution in [0.3, 0.4) is 0 Å². The molecule has 0 aliphatic carbocycles. The summed E-state index contributed by atoms with van der Waals surface area (Å²) in [5, 5.41) is 3.70. The van der Waals surface area contributed by atoms with Gasteiger partial charge in [-0.05, 0) is 6.07 Å². The molecule has 0 spiro atoms. The first kappa shape index (κ1) is 11.2. The molecule has 1 amide bonds. The van der Waals surface area contributed by atoms with E-state index in [9.17, 15) is 4.79 Å². The van der Waals surface area contributed by atoms with Crippen LogP contribution < -0.4 is 5.32 Å². The number of carbonyl (C=O) groups is 1. The van der Waals surface area contributed by atoms with E-state index < -0.39 is 0 Å². The molecule has 0 unspecified atom stereocenters. The lowest BCUT2D eigenvalue weighted by Crippen LogP contribution is -2.18. The number of carbonyl (C=O) groups excluding carboxylic acids is 1. The summed E-state index contributed by atoms with van der Waals surface area (Å²) < 4.78 is 1.74. The number of hydrogen-bond donors (Lipinski definition) is 1. The molecular formula is C10H9Cl2N3O. The average molecular weight is 258 g/mol. The number of nitrogens with one attached hydrogen (secondary N) is 1. The monoisotopic (exact) mass is 257 g/mol. The minimum Gasteiger partial charge on any atom is -0.351 e. The number of pyridine rings is 1. The molecule has 2 aromatic rings. The van der Waals surface area contributed by atoms with E-state index in [0.29, 0.717) is 22.2 Å². The normalized spacial score (nSPS) is 10.7. The van der Waals surface area contributed by atoms with Crippen LogP contribution >= 0.6 is 23.2 Å². The Hall–Kier alpha value is -1.26. The van der Waals surface area contributed by atoms with Gasteiger partial charge in [0, 0.05) is 19.3 Å². The van der Waals surface area contributed by atoms with Crippen LogP contribution in [-0.4, -0.2) is 15.3 Å². The minimum absolute atomic E-state index is 0.0961. The molecule has 0 radical (unpaired) electrons.